The van der Waals surface area contributed by atoms with Crippen LogP contribution in [-0.4, -0.2) is 18.2 Å². The molecule has 0 bridgehead atoms. The van der Waals surface area contributed by atoms with Gasteiger partial charge in [0.1, 0.15) is 5.75 Å². The minimum Gasteiger partial charge on any atom is -0.497 e. The standard InChI is InChI=1S/C11H15NO4S/c1-7(11(14)16-12-17)10(13)8-3-5-9(15-2)6-4-8/h3-7,10,12-13,17H,1-2H3/t7-,10-/m1/s1. The summed E-state index contributed by atoms with van der Waals surface area (Å²) in [6.07, 6.45) is -0.935. The molecule has 0 aromatic heterocycles. The van der Waals surface area contributed by atoms with E-state index in [1.165, 1.54) is 0 Å². The highest BCUT2D eigenvalue weighted by atomic mass is 32.1. The monoisotopic (exact) mass is 257 g/mol. The predicted octanol–water partition coefficient (Wildman–Crippen LogP) is 1.26. The molecule has 0 spiro atoms. The average molecular weight is 257 g/mol. The van der Waals surface area contributed by atoms with Crippen molar-refractivity contribution in [3.8, 4) is 5.75 Å². The third-order valence-electron chi connectivity index (χ3n) is 2.45. The Morgan fingerprint density at radius 1 is 1.41 bits per heavy atom. The van der Waals surface area contributed by atoms with E-state index in [0.29, 0.717) is 11.3 Å². The molecule has 6 heteroatoms. The largest absolute Gasteiger partial charge is 0.497 e. The number of methoxy groups -OCH3 is 1. The molecule has 0 fully saturated rings. The fourth-order valence-corrected chi connectivity index (χ4v) is 1.45. The highest BCUT2D eigenvalue weighted by molar-refractivity contribution is 7.77. The molecule has 0 saturated heterocycles. The van der Waals surface area contributed by atoms with Gasteiger partial charge in [0.2, 0.25) is 0 Å². The van der Waals surface area contributed by atoms with Gasteiger partial charge in [0, 0.05) is 0 Å². The van der Waals surface area contributed by atoms with Crippen molar-refractivity contribution in [1.29, 1.82) is 0 Å². The van der Waals surface area contributed by atoms with Crippen molar-refractivity contribution in [2.75, 3.05) is 7.11 Å². The molecule has 94 valence electrons. The molecule has 1 aromatic carbocycles. The first kappa shape index (κ1) is 13.8. The summed E-state index contributed by atoms with van der Waals surface area (Å²) in [5.41, 5.74) is 0.620. The Kier molecular flexibility index (Phi) is 5.27. The number of aliphatic hydroxyl groups excluding tert-OH is 1. The predicted molar refractivity (Wildman–Crippen MR) is 65.3 cm³/mol. The highest BCUT2D eigenvalue weighted by Crippen LogP contribution is 2.24. The summed E-state index contributed by atoms with van der Waals surface area (Å²) >= 11 is 3.55. The summed E-state index contributed by atoms with van der Waals surface area (Å²) < 4.78 is 5.00. The van der Waals surface area contributed by atoms with Crippen LogP contribution in [0, 0.1) is 5.92 Å². The van der Waals surface area contributed by atoms with E-state index in [0.717, 1.165) is 0 Å². The van der Waals surface area contributed by atoms with E-state index >= 15 is 0 Å². The molecule has 0 unspecified atom stereocenters. The molecule has 0 amide bonds. The zero-order valence-corrected chi connectivity index (χ0v) is 10.5. The lowest BCUT2D eigenvalue weighted by atomic mass is 9.97. The summed E-state index contributed by atoms with van der Waals surface area (Å²) in [7, 11) is 1.56. The number of carbonyl (C=O) groups excluding carboxylic acids is 1. The molecule has 0 aliphatic carbocycles. The summed E-state index contributed by atoms with van der Waals surface area (Å²) in [4.78, 5) is 17.8. The van der Waals surface area contributed by atoms with Gasteiger partial charge in [0.15, 0.2) is 0 Å². The van der Waals surface area contributed by atoms with Crippen LogP contribution in [0.2, 0.25) is 0 Å². The van der Waals surface area contributed by atoms with Gasteiger partial charge in [-0.25, -0.2) is 4.79 Å². The Bertz CT molecular complexity index is 368. The van der Waals surface area contributed by atoms with Gasteiger partial charge >= 0.3 is 5.97 Å². The highest BCUT2D eigenvalue weighted by Gasteiger charge is 2.25. The van der Waals surface area contributed by atoms with Crippen LogP contribution in [0.3, 0.4) is 0 Å². The summed E-state index contributed by atoms with van der Waals surface area (Å²) in [5, 5.41) is 9.96. The van der Waals surface area contributed by atoms with Crippen LogP contribution in [0.1, 0.15) is 18.6 Å². The Labute approximate surface area is 105 Å². The van der Waals surface area contributed by atoms with Crippen LogP contribution in [-0.2, 0) is 9.63 Å². The first-order chi connectivity index (χ1) is 8.10. The molecule has 0 saturated carbocycles. The molecule has 0 aliphatic rings. The van der Waals surface area contributed by atoms with Gasteiger partial charge in [-0.2, -0.15) is 0 Å². The number of carbonyl (C=O) groups is 1. The molecule has 0 aliphatic heterocycles. The van der Waals surface area contributed by atoms with Gasteiger partial charge in [-0.3, -0.25) is 0 Å². The number of rotatable bonds is 5. The van der Waals surface area contributed by atoms with E-state index in [2.05, 4.69) is 17.7 Å². The van der Waals surface area contributed by atoms with Crippen molar-refractivity contribution in [3.63, 3.8) is 0 Å². The first-order valence-corrected chi connectivity index (χ1v) is 5.46. The van der Waals surface area contributed by atoms with E-state index < -0.39 is 18.0 Å². The maximum Gasteiger partial charge on any atom is 0.331 e. The number of hydrogen-bond acceptors (Lipinski definition) is 6. The molecule has 5 nitrogen and oxygen atoms in total. The van der Waals surface area contributed by atoms with E-state index in [1.807, 2.05) is 4.89 Å². The normalized spacial score (nSPS) is 13.9. The summed E-state index contributed by atoms with van der Waals surface area (Å²) in [5.74, 6) is -0.584. The van der Waals surface area contributed by atoms with Crippen LogP contribution in [0.25, 0.3) is 0 Å². The van der Waals surface area contributed by atoms with Crippen molar-refractivity contribution in [1.82, 2.24) is 4.89 Å². The smallest absolute Gasteiger partial charge is 0.331 e. The van der Waals surface area contributed by atoms with Crippen LogP contribution in [0.5, 0.6) is 5.75 Å². The Morgan fingerprint density at radius 2 is 2.00 bits per heavy atom. The van der Waals surface area contributed by atoms with Crippen molar-refractivity contribution < 1.29 is 19.5 Å². The van der Waals surface area contributed by atoms with Crippen molar-refractivity contribution >= 4 is 18.8 Å². The Hall–Kier alpha value is -1.24. The number of ether oxygens (including phenoxy) is 1. The fraction of sp³-hybridized carbons (Fsp3) is 0.364. The zero-order valence-electron chi connectivity index (χ0n) is 9.58. The number of thiol groups is 1. The van der Waals surface area contributed by atoms with E-state index in [4.69, 9.17) is 4.74 Å². The van der Waals surface area contributed by atoms with Crippen molar-refractivity contribution in [3.05, 3.63) is 29.8 Å². The molecule has 2 N–H and O–H groups in total. The minimum absolute atomic E-state index is 0.580. The number of hydrogen-bond donors (Lipinski definition) is 3. The maximum atomic E-state index is 11.4. The first-order valence-electron chi connectivity index (χ1n) is 5.02. The van der Waals surface area contributed by atoms with E-state index in [1.54, 1.807) is 38.3 Å². The summed E-state index contributed by atoms with van der Waals surface area (Å²) in [6.45, 7) is 1.57. The molecular weight excluding hydrogens is 242 g/mol. The molecule has 17 heavy (non-hydrogen) atoms. The van der Waals surface area contributed by atoms with E-state index in [-0.39, 0.29) is 0 Å². The van der Waals surface area contributed by atoms with E-state index in [9.17, 15) is 9.90 Å². The second-order valence-corrected chi connectivity index (χ2v) is 3.70. The minimum atomic E-state index is -0.935. The topological polar surface area (TPSA) is 67.8 Å². The Balaban J connectivity index is 2.73. The number of aliphatic hydroxyl groups is 1. The van der Waals surface area contributed by atoms with Crippen LogP contribution in [0.4, 0.5) is 0 Å². The van der Waals surface area contributed by atoms with Crippen molar-refractivity contribution in [2.45, 2.75) is 13.0 Å². The lowest BCUT2D eigenvalue weighted by Crippen LogP contribution is -2.24. The fourth-order valence-electron chi connectivity index (χ4n) is 1.36. The van der Waals surface area contributed by atoms with Crippen LogP contribution in [0.15, 0.2) is 24.3 Å². The SMILES string of the molecule is COc1ccc([C@H](O)[C@@H](C)C(=O)ONS)cc1. The van der Waals surface area contributed by atoms with Gasteiger partial charge in [-0.1, -0.05) is 29.8 Å². The average Bonchev–Trinajstić information content (AvgIpc) is 2.37. The number of benzene rings is 1. The third kappa shape index (κ3) is 3.62. The Morgan fingerprint density at radius 3 is 2.47 bits per heavy atom. The molecule has 1 aromatic rings. The summed E-state index contributed by atoms with van der Waals surface area (Å²) in [6, 6.07) is 6.82. The second kappa shape index (κ2) is 6.48. The second-order valence-electron chi connectivity index (χ2n) is 3.52. The number of nitrogens with one attached hydrogen (secondary N) is 1. The van der Waals surface area contributed by atoms with Crippen LogP contribution >= 0.6 is 12.8 Å². The lowest BCUT2D eigenvalue weighted by Gasteiger charge is -2.17. The molecular formula is C11H15NO4S. The van der Waals surface area contributed by atoms with Gasteiger partial charge in [-0.15, -0.1) is 0 Å². The van der Waals surface area contributed by atoms with Crippen LogP contribution < -0.4 is 9.62 Å². The molecule has 0 radical (unpaired) electrons. The third-order valence-corrected chi connectivity index (χ3v) is 2.54. The molecule has 0 heterocycles. The van der Waals surface area contributed by atoms with Gasteiger partial charge in [0.05, 0.1) is 19.1 Å². The molecule has 1 rings (SSSR count). The lowest BCUT2D eigenvalue weighted by molar-refractivity contribution is -0.155. The molecule has 2 atom stereocenters. The quantitative estimate of drug-likeness (QED) is 0.547. The zero-order chi connectivity index (χ0) is 12.8. The van der Waals surface area contributed by atoms with Crippen molar-refractivity contribution in [2.24, 2.45) is 5.92 Å². The van der Waals surface area contributed by atoms with Gasteiger partial charge in [0.25, 0.3) is 0 Å². The van der Waals surface area contributed by atoms with Gasteiger partial charge in [-0.05, 0) is 24.6 Å². The maximum absolute atomic E-state index is 11.4. The van der Waals surface area contributed by atoms with Gasteiger partial charge < -0.3 is 14.7 Å².